The van der Waals surface area contributed by atoms with E-state index in [0.717, 1.165) is 12.7 Å². The lowest BCUT2D eigenvalue weighted by Gasteiger charge is -2.28. The molecule has 0 saturated carbocycles. The van der Waals surface area contributed by atoms with Crippen LogP contribution in [0.25, 0.3) is 0 Å². The number of phosphoric ester groups is 1. The van der Waals surface area contributed by atoms with Gasteiger partial charge in [-0.05, 0) is 44.1 Å². The highest BCUT2D eigenvalue weighted by molar-refractivity contribution is 7.47. The summed E-state index contributed by atoms with van der Waals surface area (Å²) in [5, 5.41) is 13.4. The molecule has 6 N–H and O–H groups in total. The molecule has 280 valence electrons. The maximum Gasteiger partial charge on any atom is 0.471 e. The third-order valence-electron chi connectivity index (χ3n) is 7.98. The highest BCUT2D eigenvalue weighted by Crippen LogP contribution is 2.41. The van der Waals surface area contributed by atoms with Crippen LogP contribution in [0.15, 0.2) is 30.3 Å². The van der Waals surface area contributed by atoms with E-state index in [-0.39, 0.29) is 63.1 Å². The lowest BCUT2D eigenvalue weighted by Crippen LogP contribution is -2.58. The SMILES string of the molecule is CCC(=O)N1CCC[C@H]1C(=O)N[C@@H](CC(C)C)C(=O)N[C@@H](Cc1ccccc1)C(=O)N[C@@H](C)C(=O)NCCCC(=O)NCCOP(=O)(O)OC. The van der Waals surface area contributed by atoms with Gasteiger partial charge >= 0.3 is 7.82 Å². The van der Waals surface area contributed by atoms with Crippen LogP contribution in [0, 0.1) is 5.92 Å². The number of benzene rings is 1. The van der Waals surface area contributed by atoms with Crippen LogP contribution in [0.2, 0.25) is 0 Å². The summed E-state index contributed by atoms with van der Waals surface area (Å²) in [5.41, 5.74) is 0.767. The molecule has 1 aromatic carbocycles. The fraction of sp³-hybridized carbons (Fsp3) is 0.636. The molecule has 2 rings (SSSR count). The number of hydrogen-bond acceptors (Lipinski definition) is 9. The molecule has 50 heavy (non-hydrogen) atoms. The number of amides is 6. The molecule has 1 aromatic rings. The highest BCUT2D eigenvalue weighted by Gasteiger charge is 2.36. The molecule has 5 atom stereocenters. The van der Waals surface area contributed by atoms with Crippen LogP contribution >= 0.6 is 7.82 Å². The molecule has 1 aliphatic rings. The topological polar surface area (TPSA) is 222 Å². The summed E-state index contributed by atoms with van der Waals surface area (Å²) in [7, 11) is -3.10. The van der Waals surface area contributed by atoms with Gasteiger partial charge in [0.05, 0.1) is 6.61 Å². The Kier molecular flexibility index (Phi) is 18.1. The molecular formula is C33H53N6O10P. The van der Waals surface area contributed by atoms with Crippen molar-refractivity contribution >= 4 is 43.3 Å². The summed E-state index contributed by atoms with van der Waals surface area (Å²) in [6.07, 6.45) is 2.24. The quantitative estimate of drug-likeness (QED) is 0.0778. The van der Waals surface area contributed by atoms with Crippen molar-refractivity contribution in [1.82, 2.24) is 31.5 Å². The number of phosphoric acid groups is 1. The van der Waals surface area contributed by atoms with Gasteiger partial charge in [-0.15, -0.1) is 0 Å². The molecule has 17 heteroatoms. The molecule has 6 amide bonds. The lowest BCUT2D eigenvalue weighted by atomic mass is 10.0. The zero-order valence-corrected chi connectivity index (χ0v) is 30.5. The Balaban J connectivity index is 1.99. The molecule has 1 unspecified atom stereocenters. The summed E-state index contributed by atoms with van der Waals surface area (Å²) in [5.74, 6) is -2.52. The highest BCUT2D eigenvalue weighted by atomic mass is 31.2. The minimum atomic E-state index is -4.12. The fourth-order valence-corrected chi connectivity index (χ4v) is 5.76. The molecule has 1 saturated heterocycles. The Morgan fingerprint density at radius 1 is 0.940 bits per heavy atom. The Labute approximate surface area is 293 Å². The minimum absolute atomic E-state index is 0.00741. The first-order valence-corrected chi connectivity index (χ1v) is 18.5. The van der Waals surface area contributed by atoms with Gasteiger partial charge < -0.3 is 36.4 Å². The normalized spacial score (nSPS) is 17.2. The lowest BCUT2D eigenvalue weighted by molar-refractivity contribution is -0.139. The van der Waals surface area contributed by atoms with Crippen LogP contribution in [-0.4, -0.2) is 103 Å². The average Bonchev–Trinajstić information content (AvgIpc) is 3.58. The molecule has 0 spiro atoms. The summed E-state index contributed by atoms with van der Waals surface area (Å²) in [6, 6.07) is 5.37. The monoisotopic (exact) mass is 724 g/mol. The molecule has 0 radical (unpaired) electrons. The standard InChI is InChI=1S/C33H53N6O10P/c1-6-29(41)39-18-11-14-27(39)33(45)38-25(20-22(2)3)32(44)37-26(21-24-12-8-7-9-13-24)31(43)36-23(4)30(42)35-16-10-15-28(40)34-17-19-49-50(46,47)48-5/h7-9,12-13,22-23,25-27H,6,10-11,14-21H2,1-5H3,(H,34,40)(H,35,42)(H,36,43)(H,37,44)(H,38,45)(H,46,47)/t23-,25-,26-,27-/m0/s1. The largest absolute Gasteiger partial charge is 0.471 e. The van der Waals surface area contributed by atoms with Gasteiger partial charge in [0, 0.05) is 46.0 Å². The second-order valence-corrected chi connectivity index (χ2v) is 14.1. The van der Waals surface area contributed by atoms with E-state index >= 15 is 0 Å². The molecule has 1 aliphatic heterocycles. The smallest absolute Gasteiger partial charge is 0.354 e. The molecule has 1 heterocycles. The van der Waals surface area contributed by atoms with Gasteiger partial charge in [-0.2, -0.15) is 0 Å². The van der Waals surface area contributed by atoms with Crippen molar-refractivity contribution in [2.24, 2.45) is 5.92 Å². The summed E-state index contributed by atoms with van der Waals surface area (Å²) < 4.78 is 20.1. The number of carbonyl (C=O) groups excluding carboxylic acids is 6. The minimum Gasteiger partial charge on any atom is -0.354 e. The van der Waals surface area contributed by atoms with Gasteiger partial charge in [0.15, 0.2) is 0 Å². The van der Waals surface area contributed by atoms with Crippen LogP contribution in [0.3, 0.4) is 0 Å². The Hall–Kier alpha value is -3.85. The van der Waals surface area contributed by atoms with E-state index in [1.807, 2.05) is 32.0 Å². The van der Waals surface area contributed by atoms with Gasteiger partial charge in [-0.1, -0.05) is 51.1 Å². The van der Waals surface area contributed by atoms with Crippen molar-refractivity contribution in [3.05, 3.63) is 35.9 Å². The molecule has 0 aliphatic carbocycles. The fourth-order valence-electron chi connectivity index (χ4n) is 5.33. The second kappa shape index (κ2) is 21.4. The maximum absolute atomic E-state index is 13.7. The van der Waals surface area contributed by atoms with Crippen molar-refractivity contribution in [3.8, 4) is 0 Å². The van der Waals surface area contributed by atoms with Gasteiger partial charge in [-0.25, -0.2) is 4.57 Å². The van der Waals surface area contributed by atoms with Gasteiger partial charge in [-0.3, -0.25) is 37.8 Å². The Morgan fingerprint density at radius 2 is 1.62 bits per heavy atom. The van der Waals surface area contributed by atoms with Crippen LogP contribution in [0.4, 0.5) is 0 Å². The number of nitrogens with one attached hydrogen (secondary N) is 5. The van der Waals surface area contributed by atoms with Crippen molar-refractivity contribution in [1.29, 1.82) is 0 Å². The third kappa shape index (κ3) is 15.0. The maximum atomic E-state index is 13.7. The van der Waals surface area contributed by atoms with Crippen molar-refractivity contribution in [3.63, 3.8) is 0 Å². The average molecular weight is 725 g/mol. The van der Waals surface area contributed by atoms with Crippen molar-refractivity contribution in [2.45, 2.75) is 96.8 Å². The van der Waals surface area contributed by atoms with Crippen molar-refractivity contribution < 1.29 is 47.3 Å². The molecule has 16 nitrogen and oxygen atoms in total. The number of carbonyl (C=O) groups is 6. The number of rotatable bonds is 21. The molecule has 0 aromatic heterocycles. The van der Waals surface area contributed by atoms with E-state index in [9.17, 15) is 38.2 Å². The zero-order chi connectivity index (χ0) is 37.3. The number of hydrogen-bond donors (Lipinski definition) is 6. The summed E-state index contributed by atoms with van der Waals surface area (Å²) in [6.45, 7) is 7.44. The van der Waals surface area contributed by atoms with E-state index in [1.165, 1.54) is 6.92 Å². The van der Waals surface area contributed by atoms with Crippen molar-refractivity contribution in [2.75, 3.05) is 33.4 Å². The summed E-state index contributed by atoms with van der Waals surface area (Å²) >= 11 is 0. The molecule has 1 fully saturated rings. The van der Waals surface area contributed by atoms with Crippen LogP contribution in [-0.2, 0) is 48.8 Å². The Morgan fingerprint density at radius 3 is 2.26 bits per heavy atom. The predicted octanol–water partition coefficient (Wildman–Crippen LogP) is 0.927. The zero-order valence-electron chi connectivity index (χ0n) is 29.6. The van der Waals surface area contributed by atoms with Gasteiger partial charge in [0.2, 0.25) is 35.4 Å². The van der Waals surface area contributed by atoms with Gasteiger partial charge in [0.25, 0.3) is 0 Å². The van der Waals surface area contributed by atoms with E-state index in [4.69, 9.17) is 0 Å². The molecule has 0 bridgehead atoms. The van der Waals surface area contributed by atoms with E-state index in [1.54, 1.807) is 24.0 Å². The molecular weight excluding hydrogens is 671 g/mol. The number of likely N-dealkylation sites (tertiary alicyclic amines) is 1. The van der Waals surface area contributed by atoms with Gasteiger partial charge in [0.1, 0.15) is 24.2 Å². The van der Waals surface area contributed by atoms with Crippen LogP contribution < -0.4 is 26.6 Å². The first kappa shape index (κ1) is 42.3. The first-order valence-electron chi connectivity index (χ1n) is 17.0. The summed E-state index contributed by atoms with van der Waals surface area (Å²) in [4.78, 5) is 88.3. The first-order chi connectivity index (χ1) is 23.7. The Bertz CT molecular complexity index is 1350. The predicted molar refractivity (Wildman–Crippen MR) is 184 cm³/mol. The van der Waals surface area contributed by atoms with Crippen LogP contribution in [0.1, 0.15) is 71.8 Å². The second-order valence-electron chi connectivity index (χ2n) is 12.5. The van der Waals surface area contributed by atoms with Crippen LogP contribution in [0.5, 0.6) is 0 Å². The van der Waals surface area contributed by atoms with E-state index in [2.05, 4.69) is 35.6 Å². The van der Waals surface area contributed by atoms with E-state index < -0.39 is 55.6 Å². The van der Waals surface area contributed by atoms with E-state index in [0.29, 0.717) is 25.8 Å². The number of nitrogens with zero attached hydrogens (tertiary/aromatic N) is 1. The third-order valence-corrected chi connectivity index (χ3v) is 8.95.